The van der Waals surface area contributed by atoms with Crippen LogP contribution in [0, 0.1) is 6.92 Å². The summed E-state index contributed by atoms with van der Waals surface area (Å²) in [7, 11) is 0. The molecule has 0 fully saturated rings. The van der Waals surface area contributed by atoms with Crippen molar-refractivity contribution in [1.82, 2.24) is 4.98 Å². The van der Waals surface area contributed by atoms with E-state index in [0.717, 1.165) is 22.2 Å². The molecule has 3 heteroatoms. The first kappa shape index (κ1) is 10.4. The van der Waals surface area contributed by atoms with E-state index in [1.165, 1.54) is 0 Å². The maximum Gasteiger partial charge on any atom is 0.0783 e. The molecule has 0 aliphatic heterocycles. The molecule has 0 bridgehead atoms. The molecule has 0 radical (unpaired) electrons. The lowest BCUT2D eigenvalue weighted by Crippen LogP contribution is -1.95. The largest absolute Gasteiger partial charge is 0.389 e. The first-order valence-corrected chi connectivity index (χ1v) is 5.20. The molecule has 1 aromatic carbocycles. The van der Waals surface area contributed by atoms with E-state index in [4.69, 9.17) is 11.6 Å². The number of rotatable bonds is 1. The molecule has 1 atom stereocenters. The standard InChI is InChI=1S/C12H12ClNO/c1-7-3-4-9-5-10(13)6-11(8(2)15)12(9)14-7/h3-6,8,15H,1-2H3. The van der Waals surface area contributed by atoms with Gasteiger partial charge in [0.05, 0.1) is 11.6 Å². The summed E-state index contributed by atoms with van der Waals surface area (Å²) in [6.45, 7) is 3.65. The van der Waals surface area contributed by atoms with Crippen LogP contribution < -0.4 is 0 Å². The number of pyridine rings is 1. The number of hydrogen-bond donors (Lipinski definition) is 1. The van der Waals surface area contributed by atoms with Crippen molar-refractivity contribution in [3.63, 3.8) is 0 Å². The third-order valence-corrected chi connectivity index (χ3v) is 2.59. The molecular weight excluding hydrogens is 210 g/mol. The summed E-state index contributed by atoms with van der Waals surface area (Å²) >= 11 is 5.97. The molecule has 0 saturated carbocycles. The number of benzene rings is 1. The Hall–Kier alpha value is -1.12. The van der Waals surface area contributed by atoms with Crippen molar-refractivity contribution in [2.75, 3.05) is 0 Å². The molecule has 2 nitrogen and oxygen atoms in total. The highest BCUT2D eigenvalue weighted by Crippen LogP contribution is 2.27. The van der Waals surface area contributed by atoms with Crippen LogP contribution in [0.2, 0.25) is 5.02 Å². The van der Waals surface area contributed by atoms with Crippen LogP contribution in [0.25, 0.3) is 10.9 Å². The Morgan fingerprint density at radius 3 is 2.73 bits per heavy atom. The van der Waals surface area contributed by atoms with Crippen LogP contribution in [-0.4, -0.2) is 10.1 Å². The van der Waals surface area contributed by atoms with Crippen LogP contribution in [-0.2, 0) is 0 Å². The summed E-state index contributed by atoms with van der Waals surface area (Å²) in [5.41, 5.74) is 2.54. The van der Waals surface area contributed by atoms with Crippen molar-refractivity contribution in [1.29, 1.82) is 0 Å². The van der Waals surface area contributed by atoms with E-state index in [1.54, 1.807) is 13.0 Å². The lowest BCUT2D eigenvalue weighted by atomic mass is 10.1. The smallest absolute Gasteiger partial charge is 0.0783 e. The molecule has 0 aliphatic rings. The van der Waals surface area contributed by atoms with Gasteiger partial charge >= 0.3 is 0 Å². The van der Waals surface area contributed by atoms with Gasteiger partial charge < -0.3 is 5.11 Å². The Balaban J connectivity index is 2.81. The van der Waals surface area contributed by atoms with E-state index in [9.17, 15) is 5.11 Å². The Bertz CT molecular complexity index is 508. The van der Waals surface area contributed by atoms with Gasteiger partial charge in [0.1, 0.15) is 0 Å². The van der Waals surface area contributed by atoms with Crippen molar-refractivity contribution < 1.29 is 5.11 Å². The Kier molecular flexibility index (Phi) is 2.63. The average molecular weight is 222 g/mol. The van der Waals surface area contributed by atoms with E-state index >= 15 is 0 Å². The Labute approximate surface area is 93.5 Å². The zero-order valence-electron chi connectivity index (χ0n) is 8.66. The molecule has 2 aromatic rings. The number of aryl methyl sites for hydroxylation is 1. The van der Waals surface area contributed by atoms with E-state index in [1.807, 2.05) is 25.1 Å². The minimum atomic E-state index is -0.555. The Morgan fingerprint density at radius 2 is 2.07 bits per heavy atom. The van der Waals surface area contributed by atoms with Gasteiger partial charge in [0.25, 0.3) is 0 Å². The second-order valence-electron chi connectivity index (χ2n) is 3.70. The van der Waals surface area contributed by atoms with Crippen molar-refractivity contribution >= 4 is 22.5 Å². The summed E-state index contributed by atoms with van der Waals surface area (Å²) in [4.78, 5) is 4.42. The zero-order valence-corrected chi connectivity index (χ0v) is 9.42. The molecule has 1 heterocycles. The zero-order chi connectivity index (χ0) is 11.0. The number of hydrogen-bond acceptors (Lipinski definition) is 2. The first-order valence-electron chi connectivity index (χ1n) is 4.83. The van der Waals surface area contributed by atoms with Crippen LogP contribution in [0.4, 0.5) is 0 Å². The number of fused-ring (bicyclic) bond motifs is 1. The quantitative estimate of drug-likeness (QED) is 0.802. The normalized spacial score (nSPS) is 13.1. The van der Waals surface area contributed by atoms with Crippen LogP contribution in [0.1, 0.15) is 24.3 Å². The molecule has 0 aliphatic carbocycles. The van der Waals surface area contributed by atoms with Crippen LogP contribution in [0.15, 0.2) is 24.3 Å². The minimum Gasteiger partial charge on any atom is -0.389 e. The van der Waals surface area contributed by atoms with Crippen LogP contribution in [0.5, 0.6) is 0 Å². The fourth-order valence-corrected chi connectivity index (χ4v) is 1.88. The highest BCUT2D eigenvalue weighted by atomic mass is 35.5. The van der Waals surface area contributed by atoms with Gasteiger partial charge in [0.15, 0.2) is 0 Å². The highest BCUT2D eigenvalue weighted by molar-refractivity contribution is 6.31. The molecule has 1 unspecified atom stereocenters. The third-order valence-electron chi connectivity index (χ3n) is 2.38. The van der Waals surface area contributed by atoms with Crippen molar-refractivity contribution in [2.24, 2.45) is 0 Å². The topological polar surface area (TPSA) is 33.1 Å². The van der Waals surface area contributed by atoms with Gasteiger partial charge in [-0.1, -0.05) is 17.7 Å². The van der Waals surface area contributed by atoms with Gasteiger partial charge in [-0.15, -0.1) is 0 Å². The molecule has 78 valence electrons. The molecule has 1 aromatic heterocycles. The van der Waals surface area contributed by atoms with Crippen molar-refractivity contribution in [3.8, 4) is 0 Å². The number of aliphatic hydroxyl groups excluding tert-OH is 1. The van der Waals surface area contributed by atoms with Gasteiger partial charge in [-0.3, -0.25) is 4.98 Å². The minimum absolute atomic E-state index is 0.555. The molecule has 1 N–H and O–H groups in total. The highest BCUT2D eigenvalue weighted by Gasteiger charge is 2.09. The van der Waals surface area contributed by atoms with E-state index in [2.05, 4.69) is 4.98 Å². The monoisotopic (exact) mass is 221 g/mol. The maximum absolute atomic E-state index is 9.64. The van der Waals surface area contributed by atoms with E-state index in [-0.39, 0.29) is 0 Å². The predicted molar refractivity (Wildman–Crippen MR) is 62.1 cm³/mol. The lowest BCUT2D eigenvalue weighted by molar-refractivity contribution is 0.200. The van der Waals surface area contributed by atoms with E-state index < -0.39 is 6.10 Å². The van der Waals surface area contributed by atoms with Gasteiger partial charge in [-0.25, -0.2) is 0 Å². The average Bonchev–Trinajstić information content (AvgIpc) is 2.17. The molecule has 0 saturated heterocycles. The van der Waals surface area contributed by atoms with Gasteiger partial charge in [-0.05, 0) is 32.0 Å². The summed E-state index contributed by atoms with van der Waals surface area (Å²) in [6, 6.07) is 7.52. The van der Waals surface area contributed by atoms with Gasteiger partial charge in [-0.2, -0.15) is 0 Å². The number of nitrogens with zero attached hydrogens (tertiary/aromatic N) is 1. The molecule has 0 amide bonds. The summed E-state index contributed by atoms with van der Waals surface area (Å²) < 4.78 is 0. The van der Waals surface area contributed by atoms with Crippen molar-refractivity contribution in [2.45, 2.75) is 20.0 Å². The fourth-order valence-electron chi connectivity index (χ4n) is 1.64. The molecule has 15 heavy (non-hydrogen) atoms. The van der Waals surface area contributed by atoms with Gasteiger partial charge in [0, 0.05) is 21.7 Å². The third kappa shape index (κ3) is 1.96. The maximum atomic E-state index is 9.64. The molecular formula is C12H12ClNO. The first-order chi connectivity index (χ1) is 7.08. The Morgan fingerprint density at radius 1 is 1.33 bits per heavy atom. The van der Waals surface area contributed by atoms with Crippen LogP contribution >= 0.6 is 11.6 Å². The number of aromatic nitrogens is 1. The molecule has 2 rings (SSSR count). The summed E-state index contributed by atoms with van der Waals surface area (Å²) in [6.07, 6.45) is -0.555. The van der Waals surface area contributed by atoms with E-state index in [0.29, 0.717) is 5.02 Å². The SMILES string of the molecule is Cc1ccc2cc(Cl)cc(C(C)O)c2n1. The fraction of sp³-hybridized carbons (Fsp3) is 0.250. The molecule has 0 spiro atoms. The number of aliphatic hydroxyl groups is 1. The lowest BCUT2D eigenvalue weighted by Gasteiger charge is -2.09. The van der Waals surface area contributed by atoms with Crippen LogP contribution in [0.3, 0.4) is 0 Å². The van der Waals surface area contributed by atoms with Crippen molar-refractivity contribution in [3.05, 3.63) is 40.5 Å². The second-order valence-corrected chi connectivity index (χ2v) is 4.13. The predicted octanol–water partition coefficient (Wildman–Crippen LogP) is 3.25. The summed E-state index contributed by atoms with van der Waals surface area (Å²) in [5, 5.41) is 11.2. The summed E-state index contributed by atoms with van der Waals surface area (Å²) in [5.74, 6) is 0. The second kappa shape index (κ2) is 3.80. The van der Waals surface area contributed by atoms with Gasteiger partial charge in [0.2, 0.25) is 0 Å². The number of halogens is 1.